The number of carbonyl (C=O) groups excluding carboxylic acids is 2. The van der Waals surface area contributed by atoms with Crippen LogP contribution in [0, 0.1) is 0 Å². The van der Waals surface area contributed by atoms with Crippen LogP contribution in [0.4, 0.5) is 0 Å². The van der Waals surface area contributed by atoms with Crippen LogP contribution in [-0.2, 0) is 37.4 Å². The normalized spacial score (nSPS) is 17.8. The number of esters is 2. The summed E-state index contributed by atoms with van der Waals surface area (Å²) in [5.41, 5.74) is 0. The number of likely N-dealkylation sites (N-methyl/N-ethyl adjacent to an activating group) is 1. The van der Waals surface area contributed by atoms with E-state index in [4.69, 9.17) is 23.3 Å². The molecule has 0 aromatic heterocycles. The van der Waals surface area contributed by atoms with Crippen molar-refractivity contribution in [2.75, 3.05) is 47.5 Å². The third kappa shape index (κ3) is 30.8. The minimum Gasteiger partial charge on any atom is -0.756 e. The maximum absolute atomic E-state index is 12.6. The number of rotatable bonds is 36. The Balaban J connectivity index is 2.30. The van der Waals surface area contributed by atoms with E-state index in [2.05, 4.69) is 26.0 Å². The number of quaternary nitrogens is 1. The number of nitrogens with zero attached hydrogens (tertiary/aromatic N) is 1. The summed E-state index contributed by atoms with van der Waals surface area (Å²) in [5, 5.41) is 0. The average molecular weight is 746 g/mol. The summed E-state index contributed by atoms with van der Waals surface area (Å²) in [7, 11) is 1.15. The largest absolute Gasteiger partial charge is 0.756 e. The van der Waals surface area contributed by atoms with Gasteiger partial charge in [-0.25, -0.2) is 0 Å². The Labute approximate surface area is 311 Å². The highest BCUT2D eigenvalue weighted by Gasteiger charge is 2.36. The smallest absolute Gasteiger partial charge is 0.306 e. The summed E-state index contributed by atoms with van der Waals surface area (Å²) in [6.07, 6.45) is 29.8. The Hall–Kier alpha value is -1.29. The lowest BCUT2D eigenvalue weighted by Crippen LogP contribution is -2.37. The van der Waals surface area contributed by atoms with Gasteiger partial charge in [0, 0.05) is 12.8 Å². The first kappa shape index (κ1) is 47.7. The van der Waals surface area contributed by atoms with Gasteiger partial charge in [0.15, 0.2) is 6.10 Å². The molecule has 10 nitrogen and oxygen atoms in total. The van der Waals surface area contributed by atoms with Crippen LogP contribution in [0.25, 0.3) is 0 Å². The van der Waals surface area contributed by atoms with Gasteiger partial charge in [-0.1, -0.05) is 129 Å². The zero-order valence-corrected chi connectivity index (χ0v) is 34.1. The zero-order chi connectivity index (χ0) is 37.6. The van der Waals surface area contributed by atoms with E-state index in [0.29, 0.717) is 29.7 Å². The molecule has 1 saturated heterocycles. The van der Waals surface area contributed by atoms with Gasteiger partial charge >= 0.3 is 11.9 Å². The van der Waals surface area contributed by atoms with Crippen LogP contribution in [0.1, 0.15) is 168 Å². The van der Waals surface area contributed by atoms with Crippen molar-refractivity contribution in [2.24, 2.45) is 0 Å². The van der Waals surface area contributed by atoms with Crippen molar-refractivity contribution in [3.8, 4) is 0 Å². The van der Waals surface area contributed by atoms with Crippen molar-refractivity contribution in [2.45, 2.75) is 186 Å². The van der Waals surface area contributed by atoms with Crippen molar-refractivity contribution in [1.29, 1.82) is 0 Å². The predicted molar refractivity (Wildman–Crippen MR) is 203 cm³/mol. The first-order valence-corrected chi connectivity index (χ1v) is 22.0. The fraction of sp³-hybridized carbons (Fsp3) is 0.900. The van der Waals surface area contributed by atoms with Crippen molar-refractivity contribution >= 4 is 19.8 Å². The molecular formula is C40H76NO9P. The standard InChI is InChI=1S/C40H76NO9P/c1-6-8-10-11-12-13-14-15-19-22-26-30-39(42)46-34-36(35-48-51(44,45)47-33-32-41(3,4)5)49-40(43)31-27-23-20-17-16-18-21-25-29-38-37(50-38)28-24-9-7-2/h21,25,36-38H,6-20,22-24,26-35H2,1-5H3/b25-21-/t36-,37?,38?/m1/s1. The lowest BCUT2D eigenvalue weighted by Gasteiger charge is -2.28. The fourth-order valence-electron chi connectivity index (χ4n) is 5.84. The van der Waals surface area contributed by atoms with E-state index in [-0.39, 0.29) is 26.1 Å². The van der Waals surface area contributed by atoms with Crippen LogP contribution in [0.2, 0.25) is 0 Å². The molecule has 4 atom stereocenters. The third-order valence-electron chi connectivity index (χ3n) is 9.21. The maximum Gasteiger partial charge on any atom is 0.306 e. The number of phosphoric ester groups is 1. The second-order valence-corrected chi connectivity index (χ2v) is 16.8. The molecule has 0 N–H and O–H groups in total. The van der Waals surface area contributed by atoms with Crippen LogP contribution < -0.4 is 4.89 Å². The van der Waals surface area contributed by atoms with Crippen LogP contribution in [0.3, 0.4) is 0 Å². The highest BCUT2D eigenvalue weighted by molar-refractivity contribution is 7.45. The fourth-order valence-corrected chi connectivity index (χ4v) is 6.57. The molecule has 1 aliphatic rings. The Bertz CT molecular complexity index is 955. The molecule has 0 bridgehead atoms. The molecular weight excluding hydrogens is 669 g/mol. The zero-order valence-electron chi connectivity index (χ0n) is 33.3. The van der Waals surface area contributed by atoms with Crippen LogP contribution in [0.15, 0.2) is 12.2 Å². The third-order valence-corrected chi connectivity index (χ3v) is 10.2. The molecule has 0 aromatic carbocycles. The Kier molecular flexibility index (Phi) is 28.2. The number of hydrogen-bond donors (Lipinski definition) is 0. The van der Waals surface area contributed by atoms with Crippen molar-refractivity contribution in [3.05, 3.63) is 12.2 Å². The molecule has 1 heterocycles. The van der Waals surface area contributed by atoms with Crippen LogP contribution in [0.5, 0.6) is 0 Å². The molecule has 1 fully saturated rings. The van der Waals surface area contributed by atoms with E-state index >= 15 is 0 Å². The molecule has 0 amide bonds. The van der Waals surface area contributed by atoms with Crippen LogP contribution >= 0.6 is 7.82 Å². The number of hydrogen-bond acceptors (Lipinski definition) is 9. The number of epoxide rings is 1. The molecule has 1 aliphatic heterocycles. The Morgan fingerprint density at radius 1 is 0.706 bits per heavy atom. The molecule has 0 spiro atoms. The van der Waals surface area contributed by atoms with Gasteiger partial charge in [-0.3, -0.25) is 14.2 Å². The van der Waals surface area contributed by atoms with E-state index in [1.165, 1.54) is 77.0 Å². The first-order valence-electron chi connectivity index (χ1n) is 20.5. The highest BCUT2D eigenvalue weighted by atomic mass is 31.2. The minimum absolute atomic E-state index is 0.0337. The summed E-state index contributed by atoms with van der Waals surface area (Å²) in [5.74, 6) is -0.853. The van der Waals surface area contributed by atoms with E-state index in [9.17, 15) is 19.0 Å². The maximum atomic E-state index is 12.6. The molecule has 0 saturated carbocycles. The van der Waals surface area contributed by atoms with Gasteiger partial charge < -0.3 is 32.6 Å². The molecule has 3 unspecified atom stereocenters. The monoisotopic (exact) mass is 746 g/mol. The second-order valence-electron chi connectivity index (χ2n) is 15.4. The predicted octanol–water partition coefficient (Wildman–Crippen LogP) is 9.38. The van der Waals surface area contributed by atoms with E-state index in [1.54, 1.807) is 0 Å². The van der Waals surface area contributed by atoms with Gasteiger partial charge in [0.25, 0.3) is 7.82 Å². The van der Waals surface area contributed by atoms with Gasteiger partial charge in [0.05, 0.1) is 40.0 Å². The van der Waals surface area contributed by atoms with E-state index in [0.717, 1.165) is 57.8 Å². The van der Waals surface area contributed by atoms with Gasteiger partial charge in [0.1, 0.15) is 19.8 Å². The van der Waals surface area contributed by atoms with Crippen molar-refractivity contribution in [3.63, 3.8) is 0 Å². The number of phosphoric acid groups is 1. The number of ether oxygens (including phenoxy) is 3. The minimum atomic E-state index is -4.62. The lowest BCUT2D eigenvalue weighted by molar-refractivity contribution is -0.870. The molecule has 51 heavy (non-hydrogen) atoms. The van der Waals surface area contributed by atoms with Gasteiger partial charge in [0.2, 0.25) is 0 Å². The molecule has 0 aromatic rings. The Morgan fingerprint density at radius 2 is 1.25 bits per heavy atom. The topological polar surface area (TPSA) is 124 Å². The summed E-state index contributed by atoms with van der Waals surface area (Å²) >= 11 is 0. The van der Waals surface area contributed by atoms with E-state index < -0.39 is 32.5 Å². The lowest BCUT2D eigenvalue weighted by atomic mass is 10.1. The average Bonchev–Trinajstić information content (AvgIpc) is 3.82. The van der Waals surface area contributed by atoms with Crippen LogP contribution in [-0.4, -0.2) is 82.2 Å². The molecule has 0 aliphatic carbocycles. The molecule has 1 rings (SSSR count). The number of unbranched alkanes of at least 4 members (excludes halogenated alkanes) is 17. The summed E-state index contributed by atoms with van der Waals surface area (Å²) in [6, 6.07) is 0. The summed E-state index contributed by atoms with van der Waals surface area (Å²) in [4.78, 5) is 37.4. The Morgan fingerprint density at radius 3 is 1.86 bits per heavy atom. The molecule has 300 valence electrons. The number of carbonyl (C=O) groups is 2. The van der Waals surface area contributed by atoms with Gasteiger partial charge in [-0.15, -0.1) is 0 Å². The first-order chi connectivity index (χ1) is 24.5. The molecule has 11 heteroatoms. The van der Waals surface area contributed by atoms with Crippen molar-refractivity contribution in [1.82, 2.24) is 0 Å². The SMILES string of the molecule is CCCCCCCCCCCCCC(=O)OC[C@H](COP(=O)([O-])OCC[N+](C)(C)C)OC(=O)CCCCCCC/C=C\CC1OC1CCCCC. The van der Waals surface area contributed by atoms with E-state index in [1.807, 2.05) is 21.1 Å². The number of allylic oxidation sites excluding steroid dienone is 1. The van der Waals surface area contributed by atoms with Gasteiger partial charge in [-0.2, -0.15) is 0 Å². The highest BCUT2D eigenvalue weighted by Crippen LogP contribution is 2.38. The van der Waals surface area contributed by atoms with Crippen molar-refractivity contribution < 1.29 is 46.8 Å². The summed E-state index contributed by atoms with van der Waals surface area (Å²) in [6.45, 7) is 4.16. The molecule has 0 radical (unpaired) electrons. The quantitative estimate of drug-likeness (QED) is 0.0154. The second kappa shape index (κ2) is 30.1. The van der Waals surface area contributed by atoms with Gasteiger partial charge in [-0.05, 0) is 38.5 Å². The summed E-state index contributed by atoms with van der Waals surface area (Å²) < 4.78 is 39.5.